The van der Waals surface area contributed by atoms with Crippen LogP contribution in [0.25, 0.3) is 0 Å². The Hall–Kier alpha value is -1.11. The molecule has 6 heteroatoms. The first-order valence-electron chi connectivity index (χ1n) is 7.27. The molecule has 0 fully saturated rings. The van der Waals surface area contributed by atoms with Crippen molar-refractivity contribution in [2.75, 3.05) is 26.0 Å². The van der Waals surface area contributed by atoms with Gasteiger partial charge in [0.2, 0.25) is 10.0 Å². The Labute approximate surface area is 128 Å². The van der Waals surface area contributed by atoms with Gasteiger partial charge in [-0.25, -0.2) is 12.7 Å². The second kappa shape index (κ2) is 7.77. The van der Waals surface area contributed by atoms with E-state index in [1.54, 1.807) is 24.3 Å². The third-order valence-corrected chi connectivity index (χ3v) is 5.57. The number of aliphatic hydroxyl groups is 1. The van der Waals surface area contributed by atoms with Gasteiger partial charge in [-0.3, -0.25) is 0 Å². The van der Waals surface area contributed by atoms with Gasteiger partial charge in [0.15, 0.2) is 0 Å². The summed E-state index contributed by atoms with van der Waals surface area (Å²) in [5.41, 5.74) is 0.803. The van der Waals surface area contributed by atoms with E-state index in [0.29, 0.717) is 6.54 Å². The summed E-state index contributed by atoms with van der Waals surface area (Å²) in [5.74, 6) is 0.283. The molecule has 0 aliphatic heterocycles. The molecule has 0 saturated heterocycles. The molecule has 1 unspecified atom stereocenters. The maximum absolute atomic E-state index is 11.9. The van der Waals surface area contributed by atoms with E-state index >= 15 is 0 Å². The van der Waals surface area contributed by atoms with Crippen molar-refractivity contribution in [1.29, 1.82) is 0 Å². The molecule has 1 atom stereocenters. The van der Waals surface area contributed by atoms with Crippen LogP contribution >= 0.6 is 0 Å². The highest BCUT2D eigenvalue weighted by Crippen LogP contribution is 2.18. The molecule has 5 nitrogen and oxygen atoms in total. The molecule has 0 bridgehead atoms. The van der Waals surface area contributed by atoms with E-state index < -0.39 is 16.1 Å². The Balaban J connectivity index is 2.68. The molecule has 0 aliphatic carbocycles. The second-order valence-electron chi connectivity index (χ2n) is 5.34. The summed E-state index contributed by atoms with van der Waals surface area (Å²) < 4.78 is 25.1. The zero-order chi connectivity index (χ0) is 16.0. The lowest BCUT2D eigenvalue weighted by molar-refractivity contribution is 0.114. The van der Waals surface area contributed by atoms with Gasteiger partial charge in [-0.2, -0.15) is 0 Å². The summed E-state index contributed by atoms with van der Waals surface area (Å²) in [4.78, 5) is 0.263. The van der Waals surface area contributed by atoms with Crippen molar-refractivity contribution in [1.82, 2.24) is 4.31 Å². The van der Waals surface area contributed by atoms with Gasteiger partial charge in [-0.05, 0) is 30.2 Å². The lowest BCUT2D eigenvalue weighted by atomic mass is 9.96. The van der Waals surface area contributed by atoms with E-state index in [2.05, 4.69) is 19.2 Å². The fourth-order valence-corrected chi connectivity index (χ4v) is 3.08. The third kappa shape index (κ3) is 4.69. The van der Waals surface area contributed by atoms with Crippen LogP contribution in [0.4, 0.5) is 5.69 Å². The molecule has 1 aromatic rings. The zero-order valence-corrected chi connectivity index (χ0v) is 14.0. The standard InChI is InChI=1S/C15H26N2O3S/c1-5-12(6-2)15(18)11-16-13-7-9-14(10-8-13)21(19,20)17(3)4/h7-10,12,15-16,18H,5-6,11H2,1-4H3. The normalized spacial score (nSPS) is 13.7. The van der Waals surface area contributed by atoms with E-state index in [-0.39, 0.29) is 10.8 Å². The zero-order valence-electron chi connectivity index (χ0n) is 13.2. The van der Waals surface area contributed by atoms with Gasteiger partial charge in [-0.1, -0.05) is 26.7 Å². The van der Waals surface area contributed by atoms with Crippen LogP contribution in [0.15, 0.2) is 29.2 Å². The van der Waals surface area contributed by atoms with Gasteiger partial charge in [0.05, 0.1) is 11.0 Å². The first-order chi connectivity index (χ1) is 9.82. The number of aliphatic hydroxyl groups excluding tert-OH is 1. The van der Waals surface area contributed by atoms with Crippen LogP contribution < -0.4 is 5.32 Å². The molecule has 0 aromatic heterocycles. The highest BCUT2D eigenvalue weighted by molar-refractivity contribution is 7.89. The number of anilines is 1. The van der Waals surface area contributed by atoms with Gasteiger partial charge in [0.25, 0.3) is 0 Å². The van der Waals surface area contributed by atoms with Crippen molar-refractivity contribution in [3.8, 4) is 0 Å². The first kappa shape index (κ1) is 17.9. The molecule has 0 heterocycles. The van der Waals surface area contributed by atoms with Crippen LogP contribution in [0.2, 0.25) is 0 Å². The second-order valence-corrected chi connectivity index (χ2v) is 7.49. The average molecular weight is 314 g/mol. The molecule has 1 rings (SSSR count). The summed E-state index contributed by atoms with van der Waals surface area (Å²) in [6.07, 6.45) is 1.49. The van der Waals surface area contributed by atoms with Gasteiger partial charge < -0.3 is 10.4 Å². The van der Waals surface area contributed by atoms with Crippen molar-refractivity contribution < 1.29 is 13.5 Å². The number of nitrogens with one attached hydrogen (secondary N) is 1. The van der Waals surface area contributed by atoms with Gasteiger partial charge in [0, 0.05) is 26.3 Å². The number of hydrogen-bond acceptors (Lipinski definition) is 4. The van der Waals surface area contributed by atoms with Crippen molar-refractivity contribution in [3.05, 3.63) is 24.3 Å². The molecule has 0 radical (unpaired) electrons. The molecule has 1 aromatic carbocycles. The quantitative estimate of drug-likeness (QED) is 0.771. The van der Waals surface area contributed by atoms with Crippen LogP contribution in [0, 0.1) is 5.92 Å². The molecule has 120 valence electrons. The molecular formula is C15H26N2O3S. The molecule has 0 amide bonds. The van der Waals surface area contributed by atoms with Crippen molar-refractivity contribution >= 4 is 15.7 Å². The monoisotopic (exact) mass is 314 g/mol. The van der Waals surface area contributed by atoms with Crippen molar-refractivity contribution in [3.63, 3.8) is 0 Å². The fourth-order valence-electron chi connectivity index (χ4n) is 2.18. The van der Waals surface area contributed by atoms with Crippen molar-refractivity contribution in [2.45, 2.75) is 37.7 Å². The number of hydrogen-bond donors (Lipinski definition) is 2. The van der Waals surface area contributed by atoms with Crippen LogP contribution in [-0.2, 0) is 10.0 Å². The minimum absolute atomic E-state index is 0.263. The van der Waals surface area contributed by atoms with Crippen LogP contribution in [0.3, 0.4) is 0 Å². The van der Waals surface area contributed by atoms with E-state index in [1.165, 1.54) is 18.4 Å². The van der Waals surface area contributed by atoms with E-state index in [1.807, 2.05) is 0 Å². The molecule has 21 heavy (non-hydrogen) atoms. The average Bonchev–Trinajstić information content (AvgIpc) is 2.46. The Morgan fingerprint density at radius 2 is 1.67 bits per heavy atom. The summed E-state index contributed by atoms with van der Waals surface area (Å²) in [7, 11) is -0.375. The summed E-state index contributed by atoms with van der Waals surface area (Å²) in [6.45, 7) is 4.60. The maximum Gasteiger partial charge on any atom is 0.242 e. The SMILES string of the molecule is CCC(CC)C(O)CNc1ccc(S(=O)(=O)N(C)C)cc1. The Kier molecular flexibility index (Phi) is 6.64. The number of rotatable bonds is 8. The summed E-state index contributed by atoms with van der Waals surface area (Å²) in [5, 5.41) is 13.2. The molecular weight excluding hydrogens is 288 g/mol. The maximum atomic E-state index is 11.9. The molecule has 0 aliphatic rings. The predicted molar refractivity (Wildman–Crippen MR) is 85.9 cm³/mol. The van der Waals surface area contributed by atoms with Crippen molar-refractivity contribution in [2.24, 2.45) is 5.92 Å². The Morgan fingerprint density at radius 3 is 2.10 bits per heavy atom. The first-order valence-corrected chi connectivity index (χ1v) is 8.71. The van der Waals surface area contributed by atoms with Gasteiger partial charge in [0.1, 0.15) is 0 Å². The largest absolute Gasteiger partial charge is 0.391 e. The fraction of sp³-hybridized carbons (Fsp3) is 0.600. The molecule has 0 saturated carbocycles. The lowest BCUT2D eigenvalue weighted by Crippen LogP contribution is -2.27. The third-order valence-electron chi connectivity index (χ3n) is 3.74. The van der Waals surface area contributed by atoms with Crippen LogP contribution in [0.5, 0.6) is 0 Å². The summed E-state index contributed by atoms with van der Waals surface area (Å²) >= 11 is 0. The number of sulfonamides is 1. The minimum Gasteiger partial charge on any atom is -0.391 e. The summed E-state index contributed by atoms with van der Waals surface area (Å²) in [6, 6.07) is 6.58. The predicted octanol–water partition coefficient (Wildman–Crippen LogP) is 2.15. The highest BCUT2D eigenvalue weighted by Gasteiger charge is 2.17. The van der Waals surface area contributed by atoms with Crippen LogP contribution in [-0.4, -0.2) is 44.6 Å². The van der Waals surface area contributed by atoms with E-state index in [0.717, 1.165) is 18.5 Å². The Morgan fingerprint density at radius 1 is 1.14 bits per heavy atom. The van der Waals surface area contributed by atoms with E-state index in [9.17, 15) is 13.5 Å². The van der Waals surface area contributed by atoms with Crippen LogP contribution in [0.1, 0.15) is 26.7 Å². The molecule has 2 N–H and O–H groups in total. The molecule has 0 spiro atoms. The van der Waals surface area contributed by atoms with Gasteiger partial charge >= 0.3 is 0 Å². The van der Waals surface area contributed by atoms with E-state index in [4.69, 9.17) is 0 Å². The topological polar surface area (TPSA) is 69.6 Å². The van der Waals surface area contributed by atoms with Gasteiger partial charge in [-0.15, -0.1) is 0 Å². The lowest BCUT2D eigenvalue weighted by Gasteiger charge is -2.21. The minimum atomic E-state index is -3.39. The number of benzene rings is 1. The smallest absolute Gasteiger partial charge is 0.242 e. The highest BCUT2D eigenvalue weighted by atomic mass is 32.2. The number of nitrogens with zero attached hydrogens (tertiary/aromatic N) is 1. The Bertz CT molecular complexity index is 522.